The summed E-state index contributed by atoms with van der Waals surface area (Å²) in [6, 6.07) is 1.45. The summed E-state index contributed by atoms with van der Waals surface area (Å²) >= 11 is 3.19. The van der Waals surface area contributed by atoms with Crippen LogP contribution in [0.25, 0.3) is 10.3 Å². The summed E-state index contributed by atoms with van der Waals surface area (Å²) in [4.78, 5) is 27.8. The van der Waals surface area contributed by atoms with Crippen LogP contribution in [0.15, 0.2) is 16.4 Å². The van der Waals surface area contributed by atoms with E-state index in [0.717, 1.165) is 4.83 Å². The highest BCUT2D eigenvalue weighted by Crippen LogP contribution is 2.18. The molecule has 0 radical (unpaired) electrons. The number of esters is 1. The number of nitrogens with zero attached hydrogens (tertiary/aromatic N) is 2. The summed E-state index contributed by atoms with van der Waals surface area (Å²) in [5.74, 6) is -0.639. The van der Waals surface area contributed by atoms with Crippen LogP contribution in [0.4, 0.5) is 0 Å². The molecule has 2 aromatic heterocycles. The number of rotatable bonds is 1. The van der Waals surface area contributed by atoms with Gasteiger partial charge in [-0.25, -0.2) is 12.6 Å². The Morgan fingerprint density at radius 1 is 1.67 bits per heavy atom. The van der Waals surface area contributed by atoms with Gasteiger partial charge in [0.25, 0.3) is 5.56 Å². The van der Waals surface area contributed by atoms with Crippen molar-refractivity contribution >= 4 is 50.5 Å². The number of carbonyl (C=O) groups is 1. The number of pyridine rings is 1. The number of fused-ring (bicyclic) bond motifs is 1. The van der Waals surface area contributed by atoms with Crippen LogP contribution in [-0.4, -0.2) is 20.8 Å². The highest BCUT2D eigenvalue weighted by molar-refractivity contribution is 14.1. The second-order valence-electron chi connectivity index (χ2n) is 2.68. The molecule has 0 spiro atoms. The molecule has 2 aromatic rings. The molecule has 2 heterocycles. The van der Waals surface area contributed by atoms with Gasteiger partial charge in [0.15, 0.2) is 0 Å². The minimum Gasteiger partial charge on any atom is -0.465 e. The summed E-state index contributed by atoms with van der Waals surface area (Å²) in [6.07, 6.45) is 0. The van der Waals surface area contributed by atoms with Gasteiger partial charge in [-0.15, -0.1) is 11.3 Å². The number of methoxy groups -OCH3 is 1. The Hall–Kier alpha value is -0.960. The highest BCUT2D eigenvalue weighted by atomic mass is 127. The zero-order valence-electron chi connectivity index (χ0n) is 7.56. The highest BCUT2D eigenvalue weighted by Gasteiger charge is 2.16. The predicted molar refractivity (Wildman–Crippen MR) is 64.6 cm³/mol. The van der Waals surface area contributed by atoms with Crippen LogP contribution < -0.4 is 5.56 Å². The van der Waals surface area contributed by atoms with Crippen LogP contribution in [0.2, 0.25) is 0 Å². The fourth-order valence-corrected chi connectivity index (χ4v) is 2.67. The van der Waals surface area contributed by atoms with E-state index >= 15 is 0 Å². The van der Waals surface area contributed by atoms with Gasteiger partial charge in [-0.3, -0.25) is 4.79 Å². The van der Waals surface area contributed by atoms with Gasteiger partial charge in [0.2, 0.25) is 0 Å². The van der Waals surface area contributed by atoms with Crippen LogP contribution in [0.3, 0.4) is 0 Å². The third kappa shape index (κ3) is 1.65. The summed E-state index contributed by atoms with van der Waals surface area (Å²) in [6.45, 7) is 0. The van der Waals surface area contributed by atoms with Crippen molar-refractivity contribution in [2.75, 3.05) is 7.11 Å². The molecule has 0 amide bonds. The normalized spacial score (nSPS) is 10.5. The molecule has 15 heavy (non-hydrogen) atoms. The van der Waals surface area contributed by atoms with Crippen LogP contribution in [0.1, 0.15) is 10.4 Å². The van der Waals surface area contributed by atoms with Crippen molar-refractivity contribution in [1.82, 2.24) is 7.76 Å². The molecule has 7 heteroatoms. The van der Waals surface area contributed by atoms with E-state index in [4.69, 9.17) is 0 Å². The molecule has 5 nitrogen and oxygen atoms in total. The predicted octanol–water partition coefficient (Wildman–Crippen LogP) is 1.44. The Morgan fingerprint density at radius 2 is 2.40 bits per heavy atom. The zero-order chi connectivity index (χ0) is 11.0. The van der Waals surface area contributed by atoms with Gasteiger partial charge in [0.1, 0.15) is 10.4 Å². The maximum Gasteiger partial charge on any atom is 0.343 e. The van der Waals surface area contributed by atoms with Gasteiger partial charge < -0.3 is 4.74 Å². The molecule has 0 saturated heterocycles. The van der Waals surface area contributed by atoms with Crippen molar-refractivity contribution in [2.24, 2.45) is 0 Å². The van der Waals surface area contributed by atoms with E-state index in [1.54, 1.807) is 5.51 Å². The largest absolute Gasteiger partial charge is 0.465 e. The third-order valence-corrected chi connectivity index (χ3v) is 3.92. The first kappa shape index (κ1) is 10.6. The first-order chi connectivity index (χ1) is 7.15. The fourth-order valence-electron chi connectivity index (χ4n) is 1.15. The van der Waals surface area contributed by atoms with Crippen molar-refractivity contribution in [2.45, 2.75) is 0 Å². The van der Waals surface area contributed by atoms with Gasteiger partial charge in [-0.05, 0) is 6.07 Å². The van der Waals surface area contributed by atoms with Crippen molar-refractivity contribution in [1.29, 1.82) is 0 Å². The smallest absolute Gasteiger partial charge is 0.343 e. The molecule has 0 saturated carbocycles. The molecular formula is C8H5IN2O3S. The van der Waals surface area contributed by atoms with Gasteiger partial charge in [-0.2, -0.15) is 0 Å². The van der Waals surface area contributed by atoms with Crippen molar-refractivity contribution in [3.63, 3.8) is 0 Å². The molecule has 0 aliphatic rings. The molecule has 0 atom stereocenters. The molecular weight excluding hydrogens is 331 g/mol. The van der Waals surface area contributed by atoms with Gasteiger partial charge in [-0.1, -0.05) is 0 Å². The Morgan fingerprint density at radius 3 is 3.07 bits per heavy atom. The van der Waals surface area contributed by atoms with E-state index in [2.05, 4.69) is 9.72 Å². The Kier molecular flexibility index (Phi) is 2.74. The van der Waals surface area contributed by atoms with Crippen LogP contribution in [0, 0.1) is 0 Å². The number of halogens is 1. The monoisotopic (exact) mass is 336 g/mol. The number of hydrogen-bond acceptors (Lipinski definition) is 5. The number of thiazole rings is 1. The molecule has 0 aliphatic heterocycles. The number of ether oxygens (including phenoxy) is 1. The summed E-state index contributed by atoms with van der Waals surface area (Å²) in [5.41, 5.74) is 1.87. The standard InChI is InChI=1S/C8H5IN2O3S/c1-14-8(13)4-2-5-7(15-3-10-5)11(9)6(4)12/h2-3H,1H3. The van der Waals surface area contributed by atoms with Gasteiger partial charge >= 0.3 is 5.97 Å². The summed E-state index contributed by atoms with van der Waals surface area (Å²) < 4.78 is 5.89. The molecule has 0 N–H and O–H groups in total. The van der Waals surface area contributed by atoms with Crippen LogP contribution >= 0.6 is 34.2 Å². The molecule has 78 valence electrons. The van der Waals surface area contributed by atoms with Crippen LogP contribution in [0.5, 0.6) is 0 Å². The van der Waals surface area contributed by atoms with E-state index in [-0.39, 0.29) is 11.1 Å². The third-order valence-electron chi connectivity index (χ3n) is 1.85. The lowest BCUT2D eigenvalue weighted by molar-refractivity contribution is 0.0599. The number of carbonyl (C=O) groups excluding carboxylic acids is 1. The Bertz CT molecular complexity index is 589. The Labute approximate surface area is 102 Å². The van der Waals surface area contributed by atoms with E-state index in [0.29, 0.717) is 5.52 Å². The first-order valence-corrected chi connectivity index (χ1v) is 5.73. The average molecular weight is 336 g/mol. The Balaban J connectivity index is 2.82. The van der Waals surface area contributed by atoms with Gasteiger partial charge in [0.05, 0.1) is 41.0 Å². The number of aromatic nitrogens is 2. The lowest BCUT2D eigenvalue weighted by atomic mass is 10.3. The van der Waals surface area contributed by atoms with Gasteiger partial charge in [0, 0.05) is 0 Å². The fraction of sp³-hybridized carbons (Fsp3) is 0.125. The van der Waals surface area contributed by atoms with E-state index in [9.17, 15) is 9.59 Å². The van der Waals surface area contributed by atoms with Crippen molar-refractivity contribution < 1.29 is 9.53 Å². The zero-order valence-corrected chi connectivity index (χ0v) is 10.5. The van der Waals surface area contributed by atoms with E-state index in [1.807, 2.05) is 22.9 Å². The van der Waals surface area contributed by atoms with Crippen molar-refractivity contribution in [3.8, 4) is 0 Å². The second-order valence-corrected chi connectivity index (χ2v) is 4.48. The topological polar surface area (TPSA) is 61.2 Å². The van der Waals surface area contributed by atoms with Crippen molar-refractivity contribution in [3.05, 3.63) is 27.5 Å². The van der Waals surface area contributed by atoms with E-state index < -0.39 is 5.97 Å². The summed E-state index contributed by atoms with van der Waals surface area (Å²) in [7, 11) is 1.24. The minimum absolute atomic E-state index is 0.00491. The van der Waals surface area contributed by atoms with Crippen LogP contribution in [-0.2, 0) is 4.74 Å². The first-order valence-electron chi connectivity index (χ1n) is 3.89. The van der Waals surface area contributed by atoms with E-state index in [1.165, 1.54) is 27.3 Å². The maximum atomic E-state index is 11.7. The minimum atomic E-state index is -0.639. The molecule has 0 aliphatic carbocycles. The average Bonchev–Trinajstić information content (AvgIpc) is 2.70. The lowest BCUT2D eigenvalue weighted by Gasteiger charge is -2.01. The SMILES string of the molecule is COC(=O)c1cc2ncsc2n(I)c1=O. The molecule has 0 unspecified atom stereocenters. The maximum absolute atomic E-state index is 11.7. The quantitative estimate of drug-likeness (QED) is 0.584. The molecule has 2 rings (SSSR count). The lowest BCUT2D eigenvalue weighted by Crippen LogP contribution is -2.22. The second kappa shape index (κ2) is 3.89. The molecule has 0 fully saturated rings. The molecule has 0 aromatic carbocycles. The summed E-state index contributed by atoms with van der Waals surface area (Å²) in [5, 5.41) is 0. The number of hydrogen-bond donors (Lipinski definition) is 0. The molecule has 0 bridgehead atoms.